The molecule has 0 aliphatic rings. The van der Waals surface area contributed by atoms with Gasteiger partial charge in [-0.25, -0.2) is 4.79 Å². The number of ether oxygens (including phenoxy) is 1. The summed E-state index contributed by atoms with van der Waals surface area (Å²) >= 11 is 1.52. The summed E-state index contributed by atoms with van der Waals surface area (Å²) in [6, 6.07) is 20.2. The molecular formula is C22H19NO3S. The number of hydrogen-bond acceptors (Lipinski definition) is 4. The highest BCUT2D eigenvalue weighted by Gasteiger charge is 2.24. The van der Waals surface area contributed by atoms with Crippen molar-refractivity contribution in [3.05, 3.63) is 94.2 Å². The fraction of sp³-hybridized carbons (Fsp3) is 0.0909. The maximum atomic E-state index is 12.8. The van der Waals surface area contributed by atoms with E-state index in [4.69, 9.17) is 4.74 Å². The Kier molecular flexibility index (Phi) is 6.18. The van der Waals surface area contributed by atoms with Crippen molar-refractivity contribution < 1.29 is 14.3 Å². The smallest absolute Gasteiger partial charge is 0.331 e. The van der Waals surface area contributed by atoms with Crippen LogP contribution in [0.5, 0.6) is 0 Å². The van der Waals surface area contributed by atoms with Gasteiger partial charge < -0.3 is 10.1 Å². The summed E-state index contributed by atoms with van der Waals surface area (Å²) in [7, 11) is 0. The molecule has 0 radical (unpaired) electrons. The molecule has 0 saturated carbocycles. The molecule has 5 heteroatoms. The topological polar surface area (TPSA) is 55.4 Å². The molecule has 4 nitrogen and oxygen atoms in total. The minimum atomic E-state index is -1.03. The van der Waals surface area contributed by atoms with Crippen molar-refractivity contribution in [2.75, 3.05) is 5.32 Å². The molecule has 0 aliphatic carbocycles. The van der Waals surface area contributed by atoms with E-state index in [9.17, 15) is 9.59 Å². The number of thiophene rings is 1. The first-order chi connectivity index (χ1) is 13.1. The van der Waals surface area contributed by atoms with Gasteiger partial charge in [-0.05, 0) is 36.6 Å². The van der Waals surface area contributed by atoms with Gasteiger partial charge in [-0.1, -0.05) is 54.1 Å². The van der Waals surface area contributed by atoms with E-state index in [-0.39, 0.29) is 0 Å². The Morgan fingerprint density at radius 2 is 1.74 bits per heavy atom. The molecule has 3 aromatic rings. The van der Waals surface area contributed by atoms with Gasteiger partial charge in [-0.3, -0.25) is 4.79 Å². The van der Waals surface area contributed by atoms with E-state index < -0.39 is 18.0 Å². The molecule has 0 aliphatic heterocycles. The Hall–Kier alpha value is -3.18. The van der Waals surface area contributed by atoms with Crippen LogP contribution in [0.4, 0.5) is 5.69 Å². The van der Waals surface area contributed by atoms with Gasteiger partial charge in [0, 0.05) is 22.2 Å². The van der Waals surface area contributed by atoms with Crippen molar-refractivity contribution in [3.8, 4) is 0 Å². The van der Waals surface area contributed by atoms with E-state index in [2.05, 4.69) is 5.32 Å². The predicted octanol–water partition coefficient (Wildman–Crippen LogP) is 4.99. The van der Waals surface area contributed by atoms with E-state index in [0.29, 0.717) is 11.3 Å². The van der Waals surface area contributed by atoms with Crippen molar-refractivity contribution in [2.24, 2.45) is 0 Å². The van der Waals surface area contributed by atoms with E-state index in [1.165, 1.54) is 17.4 Å². The van der Waals surface area contributed by atoms with Crippen LogP contribution < -0.4 is 5.32 Å². The maximum Gasteiger partial charge on any atom is 0.331 e. The van der Waals surface area contributed by atoms with Gasteiger partial charge in [0.1, 0.15) is 0 Å². The molecule has 2 aromatic carbocycles. The van der Waals surface area contributed by atoms with Gasteiger partial charge in [-0.2, -0.15) is 0 Å². The van der Waals surface area contributed by atoms with Gasteiger partial charge in [0.05, 0.1) is 0 Å². The first kappa shape index (κ1) is 18.6. The summed E-state index contributed by atoms with van der Waals surface area (Å²) in [5, 5.41) is 4.73. The normalized spacial score (nSPS) is 11.9. The molecule has 1 N–H and O–H groups in total. The number of benzene rings is 2. The lowest BCUT2D eigenvalue weighted by Crippen LogP contribution is -2.25. The van der Waals surface area contributed by atoms with Crippen LogP contribution >= 0.6 is 11.3 Å². The summed E-state index contributed by atoms with van der Waals surface area (Å²) in [5.74, 6) is -0.973. The molecule has 136 valence electrons. The Bertz CT molecular complexity index is 916. The number of aryl methyl sites for hydroxylation is 1. The van der Waals surface area contributed by atoms with Crippen molar-refractivity contribution in [1.29, 1.82) is 0 Å². The predicted molar refractivity (Wildman–Crippen MR) is 108 cm³/mol. The second-order valence-corrected chi connectivity index (χ2v) is 6.91. The van der Waals surface area contributed by atoms with Crippen LogP contribution in [0, 0.1) is 6.92 Å². The molecule has 0 saturated heterocycles. The van der Waals surface area contributed by atoms with E-state index in [1.54, 1.807) is 30.3 Å². The summed E-state index contributed by atoms with van der Waals surface area (Å²) in [6.45, 7) is 1.97. The Morgan fingerprint density at radius 1 is 1.00 bits per heavy atom. The molecule has 0 unspecified atom stereocenters. The van der Waals surface area contributed by atoms with Crippen LogP contribution in [0.2, 0.25) is 0 Å². The summed E-state index contributed by atoms with van der Waals surface area (Å²) in [4.78, 5) is 25.9. The molecule has 1 aromatic heterocycles. The third kappa shape index (κ3) is 5.39. The minimum absolute atomic E-state index is 0.400. The van der Waals surface area contributed by atoms with Gasteiger partial charge in [0.15, 0.2) is 0 Å². The lowest BCUT2D eigenvalue weighted by atomic mass is 10.1. The third-order valence-corrected chi connectivity index (χ3v) is 4.66. The molecule has 1 heterocycles. The fourth-order valence-corrected chi connectivity index (χ4v) is 3.06. The lowest BCUT2D eigenvalue weighted by molar-refractivity contribution is -0.149. The Labute approximate surface area is 162 Å². The van der Waals surface area contributed by atoms with Crippen LogP contribution in [-0.4, -0.2) is 11.9 Å². The highest BCUT2D eigenvalue weighted by atomic mass is 32.1. The van der Waals surface area contributed by atoms with Crippen molar-refractivity contribution in [3.63, 3.8) is 0 Å². The molecule has 3 rings (SSSR count). The van der Waals surface area contributed by atoms with Crippen LogP contribution in [0.15, 0.2) is 78.2 Å². The largest absolute Gasteiger partial charge is 0.444 e. The molecule has 1 atom stereocenters. The first-order valence-electron chi connectivity index (χ1n) is 8.46. The lowest BCUT2D eigenvalue weighted by Gasteiger charge is -2.17. The number of amides is 1. The van der Waals surface area contributed by atoms with Gasteiger partial charge >= 0.3 is 5.97 Å². The van der Waals surface area contributed by atoms with Gasteiger partial charge in [0.25, 0.3) is 5.91 Å². The van der Waals surface area contributed by atoms with Crippen LogP contribution in [-0.2, 0) is 14.3 Å². The number of hydrogen-bond donors (Lipinski definition) is 1. The molecule has 27 heavy (non-hydrogen) atoms. The quantitative estimate of drug-likeness (QED) is 0.486. The number of anilines is 1. The average molecular weight is 377 g/mol. The summed E-state index contributed by atoms with van der Waals surface area (Å²) in [5.41, 5.74) is 2.36. The molecular weight excluding hydrogens is 358 g/mol. The maximum absolute atomic E-state index is 12.8. The zero-order chi connectivity index (χ0) is 19.1. The zero-order valence-electron chi connectivity index (χ0n) is 14.8. The van der Waals surface area contributed by atoms with Crippen LogP contribution in [0.1, 0.15) is 22.1 Å². The minimum Gasteiger partial charge on any atom is -0.444 e. The highest BCUT2D eigenvalue weighted by molar-refractivity contribution is 7.10. The van der Waals surface area contributed by atoms with Crippen molar-refractivity contribution in [1.82, 2.24) is 0 Å². The SMILES string of the molecule is Cc1ccc(NC(=O)[C@H](OC(=O)/C=C/c2cccs2)c2ccccc2)cc1. The first-order valence-corrected chi connectivity index (χ1v) is 9.34. The molecule has 1 amide bonds. The third-order valence-electron chi connectivity index (χ3n) is 3.82. The molecule has 0 fully saturated rings. The van der Waals surface area contributed by atoms with Crippen LogP contribution in [0.3, 0.4) is 0 Å². The van der Waals surface area contributed by atoms with E-state index in [0.717, 1.165) is 10.4 Å². The average Bonchev–Trinajstić information content (AvgIpc) is 3.20. The second kappa shape index (κ2) is 8.96. The number of esters is 1. The number of carbonyl (C=O) groups is 2. The molecule has 0 bridgehead atoms. The standard InChI is InChI=1S/C22H19NO3S/c1-16-9-11-18(12-10-16)23-22(25)21(17-6-3-2-4-7-17)26-20(24)14-13-19-8-5-15-27-19/h2-15,21H,1H3,(H,23,25)/b14-13+/t21-/m1/s1. The fourth-order valence-electron chi connectivity index (χ4n) is 2.44. The second-order valence-electron chi connectivity index (χ2n) is 5.93. The van der Waals surface area contributed by atoms with Gasteiger partial charge in [0.2, 0.25) is 6.10 Å². The summed E-state index contributed by atoms with van der Waals surface area (Å²) < 4.78 is 5.46. The number of nitrogens with one attached hydrogen (secondary N) is 1. The highest BCUT2D eigenvalue weighted by Crippen LogP contribution is 2.21. The Balaban J connectivity index is 1.75. The summed E-state index contributed by atoms with van der Waals surface area (Å²) in [6.07, 6.45) is 1.97. The van der Waals surface area contributed by atoms with Crippen LogP contribution in [0.25, 0.3) is 6.08 Å². The van der Waals surface area contributed by atoms with Gasteiger partial charge in [-0.15, -0.1) is 11.3 Å². The van der Waals surface area contributed by atoms with Crippen molar-refractivity contribution >= 4 is 35.0 Å². The van der Waals surface area contributed by atoms with E-state index >= 15 is 0 Å². The zero-order valence-corrected chi connectivity index (χ0v) is 15.6. The number of carbonyl (C=O) groups excluding carboxylic acids is 2. The monoisotopic (exact) mass is 377 g/mol. The Morgan fingerprint density at radius 3 is 2.41 bits per heavy atom. The van der Waals surface area contributed by atoms with Crippen molar-refractivity contribution in [2.45, 2.75) is 13.0 Å². The van der Waals surface area contributed by atoms with E-state index in [1.807, 2.05) is 54.8 Å². The number of rotatable bonds is 6. The molecule has 0 spiro atoms.